The molecule has 0 N–H and O–H groups in total. The molecule has 7 aromatic rings. The first-order valence-electron chi connectivity index (χ1n) is 21.8. The van der Waals surface area contributed by atoms with Gasteiger partial charge in [0.05, 0.1) is 18.3 Å². The molecule has 0 amide bonds. The number of hydrogen-bond acceptors (Lipinski definition) is 1. The molecule has 0 fully saturated rings. The van der Waals surface area contributed by atoms with Gasteiger partial charge in [-0.15, -0.1) is 5.73 Å². The lowest BCUT2D eigenvalue weighted by Gasteiger charge is -2.21. The molecular weight excluding hydrogens is 743 g/mol. The molecule has 12 rings (SSSR count). The SMILES string of the molecule is Cc1cc2c(cc1-c1n(C)cc[n+]1[C@@H](C)c1cc3c(cc1-c1c(-c4cc5c(cc4-c4nccn4C)C4=C(C=CC=C=C4)C5)ccn1C)-c1ccccc1C3)C1=C(CCC=C1)C2. The molecule has 0 aliphatic heterocycles. The standard InChI is InChI=1S/C56H48N5/c1-34-25-39-26-37-14-9-11-17-43(37)48(39)31-46(34)56-60(5)23-24-61(56)35(2)47-29-40-27-38-15-10-12-18-44(38)49(40)32-52(47)54-45(19-21-58(54)3)51-30-41-28-36-13-7-6-8-16-42(36)50(41)33-53(51)55-57-20-22-59(55)4/h6-7,10-13,15-25,29-33,35H,9,14,26-28H2,1-5H3/q+1/t35-/m0/s1. The highest BCUT2D eigenvalue weighted by atomic mass is 15.2. The van der Waals surface area contributed by atoms with E-state index >= 15 is 0 Å². The molecule has 61 heavy (non-hydrogen) atoms. The summed E-state index contributed by atoms with van der Waals surface area (Å²) in [7, 11) is 6.52. The maximum absolute atomic E-state index is 4.96. The molecule has 5 heteroatoms. The predicted molar refractivity (Wildman–Crippen MR) is 248 cm³/mol. The van der Waals surface area contributed by atoms with Crippen LogP contribution in [0.3, 0.4) is 0 Å². The summed E-state index contributed by atoms with van der Waals surface area (Å²) in [5.74, 6) is 2.19. The normalized spacial score (nSPS) is 15.9. The Morgan fingerprint density at radius 1 is 0.672 bits per heavy atom. The van der Waals surface area contributed by atoms with Gasteiger partial charge in [-0.25, -0.2) is 14.1 Å². The fraction of sp³-hybridized carbons (Fsp3) is 0.196. The number of rotatable bonds is 6. The maximum atomic E-state index is 4.96. The molecule has 0 bridgehead atoms. The Labute approximate surface area is 358 Å². The highest BCUT2D eigenvalue weighted by molar-refractivity contribution is 5.96. The van der Waals surface area contributed by atoms with Crippen LogP contribution in [0.2, 0.25) is 0 Å². The molecule has 0 saturated carbocycles. The second kappa shape index (κ2) is 13.5. The monoisotopic (exact) mass is 790 g/mol. The fourth-order valence-electron chi connectivity index (χ4n) is 11.2. The lowest BCUT2D eigenvalue weighted by atomic mass is 9.87. The Kier molecular flexibility index (Phi) is 7.98. The van der Waals surface area contributed by atoms with Crippen molar-refractivity contribution in [1.82, 2.24) is 18.7 Å². The van der Waals surface area contributed by atoms with Gasteiger partial charge in [0, 0.05) is 54.9 Å². The zero-order valence-electron chi connectivity index (χ0n) is 35.6. The molecule has 3 heterocycles. The summed E-state index contributed by atoms with van der Waals surface area (Å²) in [6.07, 6.45) is 29.2. The van der Waals surface area contributed by atoms with E-state index in [4.69, 9.17) is 4.98 Å². The molecule has 5 aliphatic carbocycles. The van der Waals surface area contributed by atoms with Gasteiger partial charge in [0.1, 0.15) is 24.3 Å². The molecule has 3 aromatic heterocycles. The lowest BCUT2D eigenvalue weighted by Crippen LogP contribution is -2.40. The number of allylic oxidation sites excluding steroid dienone is 9. The number of hydrogen-bond donors (Lipinski definition) is 0. The van der Waals surface area contributed by atoms with Crippen LogP contribution in [0.25, 0.3) is 67.4 Å². The Balaban J connectivity index is 1.06. The number of aryl methyl sites for hydroxylation is 4. The van der Waals surface area contributed by atoms with E-state index in [9.17, 15) is 0 Å². The summed E-state index contributed by atoms with van der Waals surface area (Å²) < 4.78 is 9.34. The van der Waals surface area contributed by atoms with Gasteiger partial charge in [-0.05, 0) is 167 Å². The number of benzene rings is 4. The first-order valence-corrected chi connectivity index (χ1v) is 21.8. The van der Waals surface area contributed by atoms with Gasteiger partial charge in [0.25, 0.3) is 5.82 Å². The van der Waals surface area contributed by atoms with E-state index < -0.39 is 0 Å². The van der Waals surface area contributed by atoms with Crippen molar-refractivity contribution < 1.29 is 4.57 Å². The van der Waals surface area contributed by atoms with Crippen molar-refractivity contribution in [3.63, 3.8) is 0 Å². The van der Waals surface area contributed by atoms with Gasteiger partial charge in [-0.1, -0.05) is 60.2 Å². The van der Waals surface area contributed by atoms with Crippen molar-refractivity contribution in [2.75, 3.05) is 0 Å². The molecule has 0 radical (unpaired) electrons. The largest absolute Gasteiger partial charge is 0.350 e. The number of fused-ring (bicyclic) bond motifs is 7. The summed E-state index contributed by atoms with van der Waals surface area (Å²) in [5, 5.41) is 0. The topological polar surface area (TPSA) is 31.6 Å². The van der Waals surface area contributed by atoms with Gasteiger partial charge in [0.2, 0.25) is 0 Å². The van der Waals surface area contributed by atoms with E-state index in [0.29, 0.717) is 0 Å². The zero-order valence-corrected chi connectivity index (χ0v) is 35.6. The van der Waals surface area contributed by atoms with Crippen LogP contribution in [0.5, 0.6) is 0 Å². The van der Waals surface area contributed by atoms with E-state index in [1.54, 1.807) is 5.57 Å². The first kappa shape index (κ1) is 36.0. The summed E-state index contributed by atoms with van der Waals surface area (Å²) in [6, 6.07) is 26.2. The molecule has 4 aromatic carbocycles. The molecular formula is C56H48N5+. The highest BCUT2D eigenvalue weighted by Gasteiger charge is 2.33. The molecule has 0 unspecified atom stereocenters. The molecule has 296 valence electrons. The molecule has 0 saturated heterocycles. The van der Waals surface area contributed by atoms with Gasteiger partial charge in [0.15, 0.2) is 0 Å². The maximum Gasteiger partial charge on any atom is 0.289 e. The van der Waals surface area contributed by atoms with Crippen LogP contribution in [-0.4, -0.2) is 18.7 Å². The van der Waals surface area contributed by atoms with Crippen LogP contribution in [-0.2, 0) is 40.4 Å². The van der Waals surface area contributed by atoms with Crippen molar-refractivity contribution in [3.8, 4) is 56.3 Å². The Hall–Kier alpha value is -6.94. The average Bonchev–Trinajstić information content (AvgIpc) is 4.12. The highest BCUT2D eigenvalue weighted by Crippen LogP contribution is 2.48. The van der Waals surface area contributed by atoms with Crippen LogP contribution in [0.15, 0.2) is 151 Å². The van der Waals surface area contributed by atoms with Crippen LogP contribution in [0.1, 0.15) is 70.3 Å². The zero-order chi connectivity index (χ0) is 41.1. The smallest absolute Gasteiger partial charge is 0.289 e. The molecule has 1 atom stereocenters. The number of nitrogens with zero attached hydrogens (tertiary/aromatic N) is 5. The van der Waals surface area contributed by atoms with E-state index in [1.165, 1.54) is 113 Å². The minimum atomic E-state index is 0.0282. The summed E-state index contributed by atoms with van der Waals surface area (Å²) in [4.78, 5) is 4.96. The van der Waals surface area contributed by atoms with E-state index in [-0.39, 0.29) is 6.04 Å². The third-order valence-electron chi connectivity index (χ3n) is 14.2. The average molecular weight is 791 g/mol. The van der Waals surface area contributed by atoms with Gasteiger partial charge in [-0.2, -0.15) is 0 Å². The lowest BCUT2D eigenvalue weighted by molar-refractivity contribution is -0.699. The van der Waals surface area contributed by atoms with Gasteiger partial charge in [-0.3, -0.25) is 0 Å². The fourth-order valence-corrected chi connectivity index (χ4v) is 11.2. The van der Waals surface area contributed by atoms with Crippen LogP contribution in [0.4, 0.5) is 0 Å². The number of imidazole rings is 2. The Bertz CT molecular complexity index is 3260. The first-order chi connectivity index (χ1) is 29.8. The third-order valence-corrected chi connectivity index (χ3v) is 14.2. The van der Waals surface area contributed by atoms with Crippen LogP contribution >= 0.6 is 0 Å². The third kappa shape index (κ3) is 5.47. The van der Waals surface area contributed by atoms with Gasteiger partial charge >= 0.3 is 0 Å². The predicted octanol–water partition coefficient (Wildman–Crippen LogP) is 11.8. The van der Waals surface area contributed by atoms with Gasteiger partial charge < -0.3 is 9.13 Å². The van der Waals surface area contributed by atoms with Crippen molar-refractivity contribution in [1.29, 1.82) is 0 Å². The minimum Gasteiger partial charge on any atom is -0.350 e. The van der Waals surface area contributed by atoms with Crippen LogP contribution in [0, 0.1) is 6.92 Å². The van der Waals surface area contributed by atoms with Crippen molar-refractivity contribution in [2.45, 2.75) is 52.0 Å². The summed E-state index contributed by atoms with van der Waals surface area (Å²) in [5.41, 5.74) is 29.9. The molecule has 5 aliphatic rings. The summed E-state index contributed by atoms with van der Waals surface area (Å²) >= 11 is 0. The van der Waals surface area contributed by atoms with Crippen molar-refractivity contribution in [2.24, 2.45) is 21.1 Å². The molecule has 0 spiro atoms. The quantitative estimate of drug-likeness (QED) is 0.122. The minimum absolute atomic E-state index is 0.0282. The van der Waals surface area contributed by atoms with Crippen molar-refractivity contribution in [3.05, 3.63) is 196 Å². The Morgan fingerprint density at radius 2 is 1.49 bits per heavy atom. The second-order valence-corrected chi connectivity index (χ2v) is 17.8. The molecule has 5 nitrogen and oxygen atoms in total. The van der Waals surface area contributed by atoms with Crippen molar-refractivity contribution >= 4 is 11.1 Å². The Morgan fingerprint density at radius 3 is 2.38 bits per heavy atom. The van der Waals surface area contributed by atoms with Crippen LogP contribution < -0.4 is 4.57 Å². The number of aromatic nitrogens is 5. The van der Waals surface area contributed by atoms with E-state index in [1.807, 2.05) is 12.3 Å². The summed E-state index contributed by atoms with van der Waals surface area (Å²) in [6.45, 7) is 4.70. The van der Waals surface area contributed by atoms with E-state index in [0.717, 1.165) is 37.1 Å². The second-order valence-electron chi connectivity index (χ2n) is 17.8. The van der Waals surface area contributed by atoms with E-state index in [2.05, 4.69) is 181 Å².